The van der Waals surface area contributed by atoms with Crippen LogP contribution in [0, 0.1) is 0 Å². The zero-order chi connectivity index (χ0) is 17.5. The number of likely N-dealkylation sites (N-methyl/N-ethyl adjacent to an activating group) is 1. The standard InChI is InChI=1S/C13H12F7NO/c1-11(2,10(22)21(3)20)7-4-8(12(14,15)16)6-9(5-7)13(17,18)19/h4-6H,1-3H3. The molecule has 1 amide bonds. The fourth-order valence-corrected chi connectivity index (χ4v) is 1.82. The van der Waals surface area contributed by atoms with E-state index in [9.17, 15) is 35.6 Å². The maximum Gasteiger partial charge on any atom is 0.416 e. The van der Waals surface area contributed by atoms with Gasteiger partial charge in [0.2, 0.25) is 0 Å². The summed E-state index contributed by atoms with van der Waals surface area (Å²) < 4.78 is 89.5. The minimum absolute atomic E-state index is 0.0524. The van der Waals surface area contributed by atoms with Crippen LogP contribution >= 0.6 is 0 Å². The molecule has 0 atom stereocenters. The molecule has 0 unspecified atom stereocenters. The second-order valence-electron chi connectivity index (χ2n) is 5.20. The van der Waals surface area contributed by atoms with Crippen molar-refractivity contribution in [3.8, 4) is 0 Å². The molecule has 0 saturated heterocycles. The lowest BCUT2D eigenvalue weighted by Crippen LogP contribution is -2.37. The van der Waals surface area contributed by atoms with E-state index in [0.717, 1.165) is 13.8 Å². The van der Waals surface area contributed by atoms with Crippen molar-refractivity contribution in [3.05, 3.63) is 34.9 Å². The Morgan fingerprint density at radius 1 is 0.864 bits per heavy atom. The van der Waals surface area contributed by atoms with Crippen LogP contribution in [0.5, 0.6) is 0 Å². The number of nitrogens with zero attached hydrogens (tertiary/aromatic N) is 1. The van der Waals surface area contributed by atoms with Crippen LogP contribution in [0.25, 0.3) is 0 Å². The number of carbonyl (C=O) groups is 1. The van der Waals surface area contributed by atoms with Crippen LogP contribution in [0.4, 0.5) is 30.8 Å². The highest BCUT2D eigenvalue weighted by Crippen LogP contribution is 2.39. The molecule has 22 heavy (non-hydrogen) atoms. The van der Waals surface area contributed by atoms with Crippen LogP contribution < -0.4 is 0 Å². The molecule has 2 nitrogen and oxygen atoms in total. The molecule has 0 fully saturated rings. The van der Waals surface area contributed by atoms with Gasteiger partial charge < -0.3 is 0 Å². The summed E-state index contributed by atoms with van der Waals surface area (Å²) in [6.45, 7) is 2.09. The number of hydrogen-bond donors (Lipinski definition) is 0. The second kappa shape index (κ2) is 5.44. The van der Waals surface area contributed by atoms with Gasteiger partial charge in [0.1, 0.15) is 0 Å². The van der Waals surface area contributed by atoms with Gasteiger partial charge in [-0.15, -0.1) is 0 Å². The van der Waals surface area contributed by atoms with E-state index in [1.54, 1.807) is 0 Å². The van der Waals surface area contributed by atoms with Gasteiger partial charge in [0.25, 0.3) is 5.91 Å². The second-order valence-corrected chi connectivity index (χ2v) is 5.20. The normalized spacial score (nSPS) is 13.2. The molecule has 0 heterocycles. The predicted molar refractivity (Wildman–Crippen MR) is 63.4 cm³/mol. The van der Waals surface area contributed by atoms with Crippen LogP contribution in [0.15, 0.2) is 18.2 Å². The number of hydrogen-bond acceptors (Lipinski definition) is 1. The first-order valence-corrected chi connectivity index (χ1v) is 5.91. The highest BCUT2D eigenvalue weighted by molar-refractivity contribution is 5.86. The van der Waals surface area contributed by atoms with Gasteiger partial charge in [-0.05, 0) is 37.6 Å². The first-order chi connectivity index (χ1) is 9.67. The zero-order valence-corrected chi connectivity index (χ0v) is 11.7. The van der Waals surface area contributed by atoms with Gasteiger partial charge in [-0.3, -0.25) is 4.79 Å². The minimum Gasteiger partial charge on any atom is -0.271 e. The third-order valence-corrected chi connectivity index (χ3v) is 3.12. The van der Waals surface area contributed by atoms with E-state index in [-0.39, 0.29) is 11.2 Å². The molecule has 0 spiro atoms. The Labute approximate surface area is 121 Å². The van der Waals surface area contributed by atoms with Gasteiger partial charge in [0, 0.05) is 7.05 Å². The van der Waals surface area contributed by atoms with Crippen LogP contribution in [-0.2, 0) is 22.6 Å². The van der Waals surface area contributed by atoms with Crippen molar-refractivity contribution < 1.29 is 35.6 Å². The third kappa shape index (κ3) is 3.69. The summed E-state index contributed by atoms with van der Waals surface area (Å²) in [5, 5.41) is -0.381. The van der Waals surface area contributed by atoms with Gasteiger partial charge in [-0.2, -0.15) is 31.5 Å². The van der Waals surface area contributed by atoms with Crippen LogP contribution in [-0.4, -0.2) is 18.1 Å². The summed E-state index contributed by atoms with van der Waals surface area (Å²) in [4.78, 5) is 11.7. The van der Waals surface area contributed by atoms with Crippen LogP contribution in [0.2, 0.25) is 0 Å². The molecular formula is C13H12F7NO. The minimum atomic E-state index is -5.03. The molecule has 0 saturated carbocycles. The van der Waals surface area contributed by atoms with Crippen molar-refractivity contribution >= 4 is 5.91 Å². The Balaban J connectivity index is 3.58. The highest BCUT2D eigenvalue weighted by atomic mass is 19.4. The van der Waals surface area contributed by atoms with E-state index < -0.39 is 40.4 Å². The van der Waals surface area contributed by atoms with E-state index >= 15 is 0 Å². The van der Waals surface area contributed by atoms with E-state index in [0.29, 0.717) is 19.2 Å². The number of rotatable bonds is 2. The maximum atomic E-state index is 13.0. The lowest BCUT2D eigenvalue weighted by atomic mass is 9.82. The van der Waals surface area contributed by atoms with Gasteiger partial charge in [-0.1, -0.05) is 4.48 Å². The number of halogens is 7. The lowest BCUT2D eigenvalue weighted by molar-refractivity contribution is -0.149. The Hall–Kier alpha value is -1.80. The third-order valence-electron chi connectivity index (χ3n) is 3.12. The summed E-state index contributed by atoms with van der Waals surface area (Å²) in [7, 11) is 0.711. The van der Waals surface area contributed by atoms with Crippen molar-refractivity contribution in [1.82, 2.24) is 5.12 Å². The molecule has 1 aromatic rings. The highest BCUT2D eigenvalue weighted by Gasteiger charge is 2.40. The lowest BCUT2D eigenvalue weighted by Gasteiger charge is -2.27. The molecule has 0 N–H and O–H groups in total. The molecule has 0 aromatic heterocycles. The molecule has 1 aromatic carbocycles. The summed E-state index contributed by atoms with van der Waals surface area (Å²) >= 11 is 0. The monoisotopic (exact) mass is 331 g/mol. The van der Waals surface area contributed by atoms with Crippen molar-refractivity contribution in [2.24, 2.45) is 0 Å². The van der Waals surface area contributed by atoms with E-state index in [1.807, 2.05) is 0 Å². The Kier molecular flexibility index (Phi) is 4.51. The first-order valence-electron chi connectivity index (χ1n) is 5.91. The molecule has 0 bridgehead atoms. The molecule has 0 aliphatic carbocycles. The van der Waals surface area contributed by atoms with E-state index in [2.05, 4.69) is 0 Å². The Morgan fingerprint density at radius 2 is 1.18 bits per heavy atom. The Bertz CT molecular complexity index is 540. The number of alkyl halides is 6. The fourth-order valence-electron chi connectivity index (χ4n) is 1.82. The van der Waals surface area contributed by atoms with Gasteiger partial charge >= 0.3 is 12.4 Å². The molecular weight excluding hydrogens is 319 g/mol. The largest absolute Gasteiger partial charge is 0.416 e. The number of benzene rings is 1. The van der Waals surface area contributed by atoms with Crippen LogP contribution in [0.1, 0.15) is 30.5 Å². The van der Waals surface area contributed by atoms with Gasteiger partial charge in [0.15, 0.2) is 0 Å². The SMILES string of the molecule is CN(F)C(=O)C(C)(C)c1cc(C(F)(F)F)cc(C(F)(F)F)c1. The first kappa shape index (κ1) is 18.2. The molecule has 0 radical (unpaired) electrons. The summed E-state index contributed by atoms with van der Waals surface area (Å²) in [5.74, 6) is -1.26. The molecule has 9 heteroatoms. The summed E-state index contributed by atoms with van der Waals surface area (Å²) in [6, 6.07) is 0.774. The average molecular weight is 331 g/mol. The van der Waals surface area contributed by atoms with Crippen molar-refractivity contribution in [3.63, 3.8) is 0 Å². The fraction of sp³-hybridized carbons (Fsp3) is 0.462. The van der Waals surface area contributed by atoms with Gasteiger partial charge in [0.05, 0.1) is 16.5 Å². The van der Waals surface area contributed by atoms with Crippen molar-refractivity contribution in [2.75, 3.05) is 7.05 Å². The van der Waals surface area contributed by atoms with E-state index in [1.165, 1.54) is 0 Å². The van der Waals surface area contributed by atoms with Crippen molar-refractivity contribution in [2.45, 2.75) is 31.6 Å². The molecule has 0 aliphatic rings. The Morgan fingerprint density at radius 3 is 1.45 bits per heavy atom. The number of amides is 1. The smallest absolute Gasteiger partial charge is 0.271 e. The van der Waals surface area contributed by atoms with Crippen molar-refractivity contribution in [1.29, 1.82) is 0 Å². The van der Waals surface area contributed by atoms with Crippen LogP contribution in [0.3, 0.4) is 0 Å². The average Bonchev–Trinajstić information content (AvgIpc) is 2.35. The molecule has 0 aliphatic heterocycles. The summed E-state index contributed by atoms with van der Waals surface area (Å²) in [5.41, 5.74) is -5.59. The maximum absolute atomic E-state index is 13.0. The molecule has 124 valence electrons. The molecule has 1 rings (SSSR count). The summed E-state index contributed by atoms with van der Waals surface area (Å²) in [6.07, 6.45) is -10.1. The number of carbonyl (C=O) groups excluding carboxylic acids is 1. The quantitative estimate of drug-likeness (QED) is 0.583. The zero-order valence-electron chi connectivity index (χ0n) is 11.7. The predicted octanol–water partition coefficient (Wildman–Crippen LogP) is 4.34. The van der Waals surface area contributed by atoms with Gasteiger partial charge in [-0.25, -0.2) is 0 Å². The topological polar surface area (TPSA) is 20.3 Å². The van der Waals surface area contributed by atoms with E-state index in [4.69, 9.17) is 0 Å².